The van der Waals surface area contributed by atoms with Gasteiger partial charge in [0, 0.05) is 18.3 Å². The summed E-state index contributed by atoms with van der Waals surface area (Å²) in [6.45, 7) is 1.89. The topological polar surface area (TPSA) is 67.4 Å². The maximum absolute atomic E-state index is 9.15. The predicted octanol–water partition coefficient (Wildman–Crippen LogP) is 3.38. The number of hydrogen-bond acceptors (Lipinski definition) is 4. The van der Waals surface area contributed by atoms with E-state index in [1.165, 1.54) is 0 Å². The first-order chi connectivity index (χ1) is 10.6. The zero-order chi connectivity index (χ0) is 15.7. The fourth-order valence-electron chi connectivity index (χ4n) is 2.36. The number of halogens is 1. The Kier molecular flexibility index (Phi) is 3.61. The Hall–Kier alpha value is -2.71. The van der Waals surface area contributed by atoms with Gasteiger partial charge >= 0.3 is 0 Å². The highest BCUT2D eigenvalue weighted by molar-refractivity contribution is 6.29. The van der Waals surface area contributed by atoms with Crippen molar-refractivity contribution >= 4 is 11.6 Å². The van der Waals surface area contributed by atoms with Crippen LogP contribution in [0.4, 0.5) is 0 Å². The van der Waals surface area contributed by atoms with Crippen molar-refractivity contribution in [2.75, 3.05) is 0 Å². The number of aromatic nitrogens is 4. The van der Waals surface area contributed by atoms with Crippen molar-refractivity contribution in [1.29, 1.82) is 5.26 Å². The van der Waals surface area contributed by atoms with Crippen molar-refractivity contribution in [1.82, 2.24) is 19.7 Å². The van der Waals surface area contributed by atoms with Gasteiger partial charge in [-0.2, -0.15) is 5.26 Å². The molecule has 2 heterocycles. The van der Waals surface area contributed by atoms with Crippen LogP contribution in [0, 0.1) is 18.3 Å². The van der Waals surface area contributed by atoms with Crippen molar-refractivity contribution in [3.8, 4) is 28.6 Å². The molecule has 0 fully saturated rings. The second-order valence-electron chi connectivity index (χ2n) is 4.96. The lowest BCUT2D eigenvalue weighted by Gasteiger charge is -2.11. The third kappa shape index (κ3) is 2.57. The quantitative estimate of drug-likeness (QED) is 0.681. The van der Waals surface area contributed by atoms with Crippen molar-refractivity contribution in [3.05, 3.63) is 53.1 Å². The van der Waals surface area contributed by atoms with E-state index in [4.69, 9.17) is 16.9 Å². The summed E-state index contributed by atoms with van der Waals surface area (Å²) in [6.07, 6.45) is 1.63. The molecule has 0 aliphatic rings. The summed E-state index contributed by atoms with van der Waals surface area (Å²) in [4.78, 5) is 4.18. The van der Waals surface area contributed by atoms with Crippen molar-refractivity contribution in [3.63, 3.8) is 0 Å². The van der Waals surface area contributed by atoms with Crippen LogP contribution >= 0.6 is 11.6 Å². The Morgan fingerprint density at radius 2 is 2.00 bits per heavy atom. The van der Waals surface area contributed by atoms with Gasteiger partial charge in [-0.05, 0) is 42.3 Å². The Balaban J connectivity index is 2.28. The Morgan fingerprint density at radius 1 is 1.18 bits per heavy atom. The molecule has 3 rings (SSSR count). The maximum atomic E-state index is 9.15. The zero-order valence-electron chi connectivity index (χ0n) is 12.1. The SMILES string of the molecule is Cc1cc(-c2ccc(C#N)cc2-c2nncn2C)cc(Cl)n1. The maximum Gasteiger partial charge on any atom is 0.164 e. The lowest BCUT2D eigenvalue weighted by molar-refractivity contribution is 0.920. The number of hydrogen-bond donors (Lipinski definition) is 0. The van der Waals surface area contributed by atoms with E-state index in [0.29, 0.717) is 16.5 Å². The molecule has 2 aromatic heterocycles. The minimum absolute atomic E-state index is 0.434. The van der Waals surface area contributed by atoms with Crippen molar-refractivity contribution < 1.29 is 0 Å². The van der Waals surface area contributed by atoms with E-state index in [9.17, 15) is 0 Å². The monoisotopic (exact) mass is 309 g/mol. The van der Waals surface area contributed by atoms with Crippen molar-refractivity contribution in [2.45, 2.75) is 6.92 Å². The Labute approximate surface area is 132 Å². The molecular formula is C16H12ClN5. The molecule has 108 valence electrons. The third-order valence-electron chi connectivity index (χ3n) is 3.33. The summed E-state index contributed by atoms with van der Waals surface area (Å²) < 4.78 is 1.82. The molecule has 0 saturated carbocycles. The lowest BCUT2D eigenvalue weighted by atomic mass is 9.97. The molecule has 3 aromatic rings. The van der Waals surface area contributed by atoms with Gasteiger partial charge in [0.1, 0.15) is 11.5 Å². The van der Waals surface area contributed by atoms with Crippen LogP contribution in [0.15, 0.2) is 36.7 Å². The number of benzene rings is 1. The Bertz CT molecular complexity index is 872. The number of aryl methyl sites for hydroxylation is 2. The fraction of sp³-hybridized carbons (Fsp3) is 0.125. The number of rotatable bonds is 2. The largest absolute Gasteiger partial charge is 0.317 e. The molecule has 0 saturated heterocycles. The third-order valence-corrected chi connectivity index (χ3v) is 3.53. The van der Waals surface area contributed by atoms with E-state index < -0.39 is 0 Å². The summed E-state index contributed by atoms with van der Waals surface area (Å²) in [6, 6.07) is 11.4. The van der Waals surface area contributed by atoms with Crippen LogP contribution in [0.1, 0.15) is 11.3 Å². The molecule has 0 N–H and O–H groups in total. The van der Waals surface area contributed by atoms with Gasteiger partial charge in [-0.25, -0.2) is 4.98 Å². The van der Waals surface area contributed by atoms with Gasteiger partial charge in [-0.3, -0.25) is 0 Å². The molecule has 5 nitrogen and oxygen atoms in total. The van der Waals surface area contributed by atoms with E-state index in [1.54, 1.807) is 18.5 Å². The molecule has 6 heteroatoms. The van der Waals surface area contributed by atoms with Crippen LogP contribution in [0.25, 0.3) is 22.5 Å². The first-order valence-corrected chi connectivity index (χ1v) is 6.99. The zero-order valence-corrected chi connectivity index (χ0v) is 12.8. The van der Waals surface area contributed by atoms with E-state index in [2.05, 4.69) is 21.3 Å². The summed E-state index contributed by atoms with van der Waals surface area (Å²) >= 11 is 6.07. The first kappa shape index (κ1) is 14.2. The van der Waals surface area contributed by atoms with Gasteiger partial charge in [0.05, 0.1) is 11.6 Å². The smallest absolute Gasteiger partial charge is 0.164 e. The fourth-order valence-corrected chi connectivity index (χ4v) is 2.61. The average molecular weight is 310 g/mol. The molecule has 0 unspecified atom stereocenters. The minimum Gasteiger partial charge on any atom is -0.317 e. The minimum atomic E-state index is 0.434. The second-order valence-corrected chi connectivity index (χ2v) is 5.34. The van der Waals surface area contributed by atoms with Crippen LogP contribution in [0.5, 0.6) is 0 Å². The van der Waals surface area contributed by atoms with E-state index in [1.807, 2.05) is 36.7 Å². The van der Waals surface area contributed by atoms with Gasteiger partial charge in [0.25, 0.3) is 0 Å². The molecule has 0 atom stereocenters. The molecule has 0 bridgehead atoms. The summed E-state index contributed by atoms with van der Waals surface area (Å²) in [5.74, 6) is 0.692. The molecule has 0 amide bonds. The molecule has 0 aliphatic carbocycles. The molecule has 0 radical (unpaired) electrons. The molecule has 22 heavy (non-hydrogen) atoms. The molecule has 1 aromatic carbocycles. The van der Waals surface area contributed by atoms with Gasteiger partial charge < -0.3 is 4.57 Å². The summed E-state index contributed by atoms with van der Waals surface area (Å²) in [5, 5.41) is 17.7. The van der Waals surface area contributed by atoms with Gasteiger partial charge in [0.15, 0.2) is 5.82 Å². The second kappa shape index (κ2) is 5.58. The normalized spacial score (nSPS) is 10.5. The van der Waals surface area contributed by atoms with Crippen LogP contribution < -0.4 is 0 Å². The summed E-state index contributed by atoms with van der Waals surface area (Å²) in [5.41, 5.74) is 4.10. The highest BCUT2D eigenvalue weighted by atomic mass is 35.5. The summed E-state index contributed by atoms with van der Waals surface area (Å²) in [7, 11) is 1.86. The van der Waals surface area contributed by atoms with E-state index in [0.717, 1.165) is 22.4 Å². The predicted molar refractivity (Wildman–Crippen MR) is 84.1 cm³/mol. The van der Waals surface area contributed by atoms with Gasteiger partial charge in [-0.1, -0.05) is 17.7 Å². The van der Waals surface area contributed by atoms with Crippen LogP contribution in [0.2, 0.25) is 5.15 Å². The van der Waals surface area contributed by atoms with E-state index >= 15 is 0 Å². The molecular weight excluding hydrogens is 298 g/mol. The molecule has 0 aliphatic heterocycles. The average Bonchev–Trinajstić information content (AvgIpc) is 2.91. The lowest BCUT2D eigenvalue weighted by Crippen LogP contribution is -1.95. The Morgan fingerprint density at radius 3 is 2.64 bits per heavy atom. The first-order valence-electron chi connectivity index (χ1n) is 6.61. The highest BCUT2D eigenvalue weighted by Gasteiger charge is 2.14. The van der Waals surface area contributed by atoms with E-state index in [-0.39, 0.29) is 0 Å². The number of nitrogens with zero attached hydrogens (tertiary/aromatic N) is 5. The highest BCUT2D eigenvalue weighted by Crippen LogP contribution is 2.32. The van der Waals surface area contributed by atoms with Crippen LogP contribution in [-0.2, 0) is 7.05 Å². The van der Waals surface area contributed by atoms with Gasteiger partial charge in [0.2, 0.25) is 0 Å². The van der Waals surface area contributed by atoms with Crippen LogP contribution in [-0.4, -0.2) is 19.7 Å². The number of nitriles is 1. The van der Waals surface area contributed by atoms with Gasteiger partial charge in [-0.15, -0.1) is 10.2 Å². The van der Waals surface area contributed by atoms with Crippen LogP contribution in [0.3, 0.4) is 0 Å². The molecule has 0 spiro atoms. The van der Waals surface area contributed by atoms with Crippen molar-refractivity contribution in [2.24, 2.45) is 7.05 Å². The standard InChI is InChI=1S/C16H12ClN5/c1-10-5-12(7-15(17)20-10)13-4-3-11(8-18)6-14(13)16-21-19-9-22(16)2/h3-7,9H,1-2H3. The number of pyridine rings is 1.